The normalized spacial score (nSPS) is 7.50. The fraction of sp³-hybridized carbons (Fsp3) is 0. The molecule has 0 aliphatic heterocycles. The van der Waals surface area contributed by atoms with Gasteiger partial charge in [0.1, 0.15) is 0 Å². The van der Waals surface area contributed by atoms with E-state index in [1.54, 1.807) is 24.3 Å². The molecule has 0 unspecified atom stereocenters. The third-order valence-corrected chi connectivity index (χ3v) is 0.701. The molecular formula is C6H5OW-. The minimum atomic E-state index is 0. The maximum atomic E-state index is 8.61. The van der Waals surface area contributed by atoms with Crippen LogP contribution in [-0.4, -0.2) is 5.11 Å². The summed E-state index contributed by atoms with van der Waals surface area (Å²) in [4.78, 5) is 0. The van der Waals surface area contributed by atoms with E-state index in [0.29, 0.717) is 5.75 Å². The van der Waals surface area contributed by atoms with Crippen molar-refractivity contribution in [2.45, 2.75) is 0 Å². The second-order valence-electron chi connectivity index (χ2n) is 1.26. The van der Waals surface area contributed by atoms with Gasteiger partial charge in [-0.3, -0.25) is 0 Å². The van der Waals surface area contributed by atoms with Gasteiger partial charge in [-0.2, -0.15) is 18.2 Å². The van der Waals surface area contributed by atoms with Crippen molar-refractivity contribution in [3.8, 4) is 5.75 Å². The molecule has 8 heavy (non-hydrogen) atoms. The van der Waals surface area contributed by atoms with Gasteiger partial charge in [0.15, 0.2) is 0 Å². The van der Waals surface area contributed by atoms with Gasteiger partial charge in [0, 0.05) is 26.8 Å². The van der Waals surface area contributed by atoms with Crippen LogP contribution in [0.5, 0.6) is 5.75 Å². The molecule has 0 saturated heterocycles. The van der Waals surface area contributed by atoms with Crippen molar-refractivity contribution in [1.82, 2.24) is 0 Å². The number of hydrogen-bond donors (Lipinski definition) is 1. The van der Waals surface area contributed by atoms with Crippen LogP contribution in [-0.2, 0) is 21.1 Å². The minimum absolute atomic E-state index is 0. The van der Waals surface area contributed by atoms with E-state index in [9.17, 15) is 0 Å². The van der Waals surface area contributed by atoms with E-state index in [-0.39, 0.29) is 21.1 Å². The molecule has 1 rings (SSSR count). The molecule has 1 aromatic carbocycles. The number of hydrogen-bond acceptors (Lipinski definition) is 1. The van der Waals surface area contributed by atoms with Crippen LogP contribution in [0.3, 0.4) is 0 Å². The molecule has 1 N–H and O–H groups in total. The summed E-state index contributed by atoms with van der Waals surface area (Å²) in [6.45, 7) is 0. The second kappa shape index (κ2) is 3.68. The number of phenols is 1. The van der Waals surface area contributed by atoms with E-state index in [1.807, 2.05) is 0 Å². The van der Waals surface area contributed by atoms with E-state index >= 15 is 0 Å². The maximum absolute atomic E-state index is 8.61. The fourth-order valence-electron chi connectivity index (χ4n) is 0.378. The summed E-state index contributed by atoms with van der Waals surface area (Å²) in [6.07, 6.45) is 0. The molecule has 1 nitrogen and oxygen atoms in total. The summed E-state index contributed by atoms with van der Waals surface area (Å²) < 4.78 is 0. The first-order chi connectivity index (χ1) is 3.39. The molecule has 0 heterocycles. The van der Waals surface area contributed by atoms with Crippen molar-refractivity contribution in [3.63, 3.8) is 0 Å². The summed E-state index contributed by atoms with van der Waals surface area (Å²) in [7, 11) is 0. The largest absolute Gasteiger partial charge is 0.533 e. The zero-order valence-electron chi connectivity index (χ0n) is 4.16. The van der Waals surface area contributed by atoms with Crippen molar-refractivity contribution in [2.75, 3.05) is 0 Å². The SMILES string of the molecule is Oc1cc[c-]cc1.[W]. The summed E-state index contributed by atoms with van der Waals surface area (Å²) in [5.74, 6) is 0.291. The molecule has 0 spiro atoms. The van der Waals surface area contributed by atoms with Gasteiger partial charge in [-0.15, -0.1) is 12.1 Å². The predicted molar refractivity (Wildman–Crippen MR) is 26.9 cm³/mol. The molecule has 0 bridgehead atoms. The topological polar surface area (TPSA) is 20.2 Å². The molecule has 0 amide bonds. The standard InChI is InChI=1S/C6H5O.W/c7-6-4-2-1-3-5-6;/h2-5,7H;/q-1;. The average molecular weight is 277 g/mol. The average Bonchev–Trinajstić information content (AvgIpc) is 1.69. The monoisotopic (exact) mass is 277 g/mol. The first-order valence-electron chi connectivity index (χ1n) is 2.04. The third-order valence-electron chi connectivity index (χ3n) is 0.701. The Balaban J connectivity index is 0.000000490. The Morgan fingerprint density at radius 2 is 1.75 bits per heavy atom. The summed E-state index contributed by atoms with van der Waals surface area (Å²) in [5, 5.41) is 8.61. The molecule has 0 aromatic heterocycles. The summed E-state index contributed by atoms with van der Waals surface area (Å²) in [5.41, 5.74) is 0. The number of benzene rings is 1. The van der Waals surface area contributed by atoms with E-state index in [1.165, 1.54) is 0 Å². The first-order valence-corrected chi connectivity index (χ1v) is 2.04. The van der Waals surface area contributed by atoms with Crippen LogP contribution in [0, 0.1) is 6.07 Å². The zero-order valence-corrected chi connectivity index (χ0v) is 7.10. The van der Waals surface area contributed by atoms with E-state index < -0.39 is 0 Å². The molecular weight excluding hydrogens is 272 g/mol. The first kappa shape index (κ1) is 7.71. The van der Waals surface area contributed by atoms with Crippen LogP contribution in [0.2, 0.25) is 0 Å². The van der Waals surface area contributed by atoms with Gasteiger partial charge < -0.3 is 5.11 Å². The second-order valence-corrected chi connectivity index (χ2v) is 1.26. The van der Waals surface area contributed by atoms with Gasteiger partial charge in [-0.25, -0.2) is 0 Å². The predicted octanol–water partition coefficient (Wildman–Crippen LogP) is 1.19. The number of rotatable bonds is 0. The molecule has 0 atom stereocenters. The Morgan fingerprint density at radius 1 is 1.25 bits per heavy atom. The van der Waals surface area contributed by atoms with E-state index in [4.69, 9.17) is 5.11 Å². The van der Waals surface area contributed by atoms with Crippen molar-refractivity contribution in [3.05, 3.63) is 30.3 Å². The Bertz CT molecular complexity index is 138. The Hall–Kier alpha value is -0.292. The van der Waals surface area contributed by atoms with Crippen molar-refractivity contribution in [2.24, 2.45) is 0 Å². The van der Waals surface area contributed by atoms with Gasteiger partial charge >= 0.3 is 0 Å². The van der Waals surface area contributed by atoms with Crippen LogP contribution in [0.25, 0.3) is 0 Å². The molecule has 0 aliphatic carbocycles. The van der Waals surface area contributed by atoms with Gasteiger partial charge in [0.2, 0.25) is 0 Å². The summed E-state index contributed by atoms with van der Waals surface area (Å²) >= 11 is 0. The van der Waals surface area contributed by atoms with Gasteiger partial charge in [0.05, 0.1) is 0 Å². The fourth-order valence-corrected chi connectivity index (χ4v) is 0.378. The minimum Gasteiger partial charge on any atom is -0.533 e. The van der Waals surface area contributed by atoms with Gasteiger partial charge in [-0.1, -0.05) is 0 Å². The van der Waals surface area contributed by atoms with Crippen molar-refractivity contribution in [1.29, 1.82) is 0 Å². The van der Waals surface area contributed by atoms with E-state index in [0.717, 1.165) is 0 Å². The van der Waals surface area contributed by atoms with Crippen LogP contribution < -0.4 is 0 Å². The Kier molecular flexibility index (Phi) is 3.54. The molecule has 0 radical (unpaired) electrons. The third kappa shape index (κ3) is 2.13. The molecule has 0 fully saturated rings. The molecule has 0 aliphatic rings. The van der Waals surface area contributed by atoms with Crippen LogP contribution >= 0.6 is 0 Å². The zero-order chi connectivity index (χ0) is 5.11. The number of aromatic hydroxyl groups is 1. The van der Waals surface area contributed by atoms with Crippen LogP contribution in [0.15, 0.2) is 24.3 Å². The molecule has 1 aromatic rings. The molecule has 2 heteroatoms. The summed E-state index contributed by atoms with van der Waals surface area (Å²) in [6, 6.07) is 9.26. The smallest absolute Gasteiger partial charge is 0.00821 e. The Labute approximate surface area is 62.6 Å². The molecule has 0 saturated carbocycles. The van der Waals surface area contributed by atoms with Crippen molar-refractivity contribution >= 4 is 0 Å². The quantitative estimate of drug-likeness (QED) is 0.706. The maximum Gasteiger partial charge on any atom is 0.00821 e. The van der Waals surface area contributed by atoms with Crippen LogP contribution in [0.1, 0.15) is 0 Å². The van der Waals surface area contributed by atoms with Crippen molar-refractivity contribution < 1.29 is 26.2 Å². The van der Waals surface area contributed by atoms with Gasteiger partial charge in [0.25, 0.3) is 0 Å². The van der Waals surface area contributed by atoms with Crippen LogP contribution in [0.4, 0.5) is 0 Å². The van der Waals surface area contributed by atoms with Gasteiger partial charge in [-0.05, 0) is 0 Å². The number of phenolic OH excluding ortho intramolecular Hbond substituents is 1. The van der Waals surface area contributed by atoms with E-state index in [2.05, 4.69) is 6.07 Å². The molecule has 42 valence electrons. The Morgan fingerprint density at radius 3 is 2.00 bits per heavy atom.